The monoisotopic (exact) mass is 381 g/mol. The van der Waals surface area contributed by atoms with Gasteiger partial charge in [0, 0.05) is 25.9 Å². The van der Waals surface area contributed by atoms with Gasteiger partial charge in [0.25, 0.3) is 0 Å². The fourth-order valence-corrected chi connectivity index (χ4v) is 4.02. The average Bonchev–Trinajstić information content (AvgIpc) is 2.62. The lowest BCUT2D eigenvalue weighted by atomic mass is 10.1. The number of para-hydroxylation sites is 1. The molecule has 0 radical (unpaired) electrons. The third kappa shape index (κ3) is 3.67. The van der Waals surface area contributed by atoms with Gasteiger partial charge in [0.15, 0.2) is 0 Å². The average molecular weight is 382 g/mol. The van der Waals surface area contributed by atoms with Crippen LogP contribution in [0.2, 0.25) is 10.0 Å². The van der Waals surface area contributed by atoms with Gasteiger partial charge in [-0.05, 0) is 48.0 Å². The zero-order valence-corrected chi connectivity index (χ0v) is 15.4. The van der Waals surface area contributed by atoms with E-state index in [2.05, 4.69) is 12.1 Å². The highest BCUT2D eigenvalue weighted by atomic mass is 35.5. The Bertz CT molecular complexity index is 1050. The van der Waals surface area contributed by atoms with E-state index in [1.54, 1.807) is 11.8 Å². The molecule has 4 rings (SSSR count). The van der Waals surface area contributed by atoms with Crippen molar-refractivity contribution in [3.63, 3.8) is 0 Å². The molecule has 4 aromatic rings. The van der Waals surface area contributed by atoms with Gasteiger partial charge in [-0.2, -0.15) is 0 Å². The first-order valence-electron chi connectivity index (χ1n) is 7.78. The number of hydrogen-bond donors (Lipinski definition) is 0. The highest BCUT2D eigenvalue weighted by Gasteiger charge is 2.11. The van der Waals surface area contributed by atoms with E-state index >= 15 is 0 Å². The van der Waals surface area contributed by atoms with Gasteiger partial charge in [0.05, 0.1) is 5.52 Å². The molecule has 0 aliphatic rings. The Kier molecular flexibility index (Phi) is 4.67. The first-order valence-corrected chi connectivity index (χ1v) is 9.35. The van der Waals surface area contributed by atoms with E-state index in [0.717, 1.165) is 42.0 Å². The molecular weight excluding hydrogens is 369 g/mol. The minimum Gasteiger partial charge on any atom is -0.240 e. The molecule has 122 valence electrons. The van der Waals surface area contributed by atoms with Crippen LogP contribution in [0.25, 0.3) is 22.0 Å². The smallest absolute Gasteiger partial charge is 0.109 e. The van der Waals surface area contributed by atoms with Crippen molar-refractivity contribution in [3.05, 3.63) is 88.9 Å². The lowest BCUT2D eigenvalue weighted by Gasteiger charge is -2.11. The maximum atomic E-state index is 6.13. The Morgan fingerprint density at radius 3 is 2.32 bits per heavy atom. The fraction of sp³-hybridized carbons (Fsp3) is 0. The van der Waals surface area contributed by atoms with Crippen LogP contribution < -0.4 is 0 Å². The molecule has 1 heterocycles. The van der Waals surface area contributed by atoms with Crippen LogP contribution in [-0.4, -0.2) is 4.98 Å². The molecule has 0 aliphatic carbocycles. The predicted octanol–water partition coefficient (Wildman–Crippen LogP) is 7.36. The number of rotatable bonds is 3. The second kappa shape index (κ2) is 7.09. The number of halogens is 2. The van der Waals surface area contributed by atoms with Crippen molar-refractivity contribution >= 4 is 45.9 Å². The second-order valence-corrected chi connectivity index (χ2v) is 7.54. The highest BCUT2D eigenvalue weighted by molar-refractivity contribution is 7.99. The normalized spacial score (nSPS) is 11.0. The molecule has 25 heavy (non-hydrogen) atoms. The van der Waals surface area contributed by atoms with Crippen molar-refractivity contribution < 1.29 is 0 Å². The lowest BCUT2D eigenvalue weighted by Crippen LogP contribution is -1.89. The van der Waals surface area contributed by atoms with E-state index in [1.165, 1.54) is 0 Å². The highest BCUT2D eigenvalue weighted by Crippen LogP contribution is 2.37. The Labute approximate surface area is 160 Å². The van der Waals surface area contributed by atoms with Crippen LogP contribution in [-0.2, 0) is 0 Å². The number of fused-ring (bicyclic) bond motifs is 1. The van der Waals surface area contributed by atoms with E-state index in [0.29, 0.717) is 0 Å². The lowest BCUT2D eigenvalue weighted by molar-refractivity contribution is 1.19. The van der Waals surface area contributed by atoms with Crippen molar-refractivity contribution in [3.8, 4) is 11.1 Å². The van der Waals surface area contributed by atoms with E-state index in [9.17, 15) is 0 Å². The summed E-state index contributed by atoms with van der Waals surface area (Å²) in [6.07, 6.45) is 0. The molecule has 0 aliphatic heterocycles. The zero-order chi connectivity index (χ0) is 17.2. The number of nitrogens with zero attached hydrogens (tertiary/aromatic N) is 1. The Balaban J connectivity index is 1.87. The molecule has 0 amide bonds. The molecule has 0 atom stereocenters. The summed E-state index contributed by atoms with van der Waals surface area (Å²) in [5.74, 6) is 0. The fourth-order valence-electron chi connectivity index (χ4n) is 2.65. The summed E-state index contributed by atoms with van der Waals surface area (Å²) in [6, 6.07) is 26.0. The topological polar surface area (TPSA) is 12.9 Å². The number of hydrogen-bond acceptors (Lipinski definition) is 2. The summed E-state index contributed by atoms with van der Waals surface area (Å²) in [7, 11) is 0. The molecule has 1 nitrogen and oxygen atoms in total. The van der Waals surface area contributed by atoms with Crippen molar-refractivity contribution in [1.29, 1.82) is 0 Å². The number of benzene rings is 3. The summed E-state index contributed by atoms with van der Waals surface area (Å²) in [5, 5.41) is 3.51. The molecule has 0 unspecified atom stereocenters. The van der Waals surface area contributed by atoms with E-state index in [1.807, 2.05) is 66.7 Å². The summed E-state index contributed by atoms with van der Waals surface area (Å²) in [6.45, 7) is 0. The van der Waals surface area contributed by atoms with Gasteiger partial charge in [-0.15, -0.1) is 0 Å². The SMILES string of the molecule is Clc1ccc(-c2cc3ccccc3nc2Sc2cccc(Cl)c2)cc1. The standard InChI is InChI=1S/C21H13Cl2NS/c22-16-10-8-14(9-11-16)19-12-15-4-1-2-7-20(15)24-21(19)25-18-6-3-5-17(23)13-18/h1-13H. The summed E-state index contributed by atoms with van der Waals surface area (Å²) in [4.78, 5) is 5.95. The van der Waals surface area contributed by atoms with Crippen molar-refractivity contribution in [2.45, 2.75) is 9.92 Å². The van der Waals surface area contributed by atoms with Crippen LogP contribution in [0.1, 0.15) is 0 Å². The molecule has 0 N–H and O–H groups in total. The van der Waals surface area contributed by atoms with Gasteiger partial charge in [0.2, 0.25) is 0 Å². The molecule has 0 saturated carbocycles. The van der Waals surface area contributed by atoms with Crippen LogP contribution in [0.15, 0.2) is 88.8 Å². The molecule has 0 saturated heterocycles. The van der Waals surface area contributed by atoms with Gasteiger partial charge in [-0.3, -0.25) is 0 Å². The predicted molar refractivity (Wildman–Crippen MR) is 108 cm³/mol. The summed E-state index contributed by atoms with van der Waals surface area (Å²) < 4.78 is 0. The van der Waals surface area contributed by atoms with E-state index in [-0.39, 0.29) is 0 Å². The zero-order valence-electron chi connectivity index (χ0n) is 13.1. The van der Waals surface area contributed by atoms with Crippen LogP contribution in [0, 0.1) is 0 Å². The van der Waals surface area contributed by atoms with Gasteiger partial charge in [-0.1, -0.05) is 71.4 Å². The minimum absolute atomic E-state index is 0.721. The van der Waals surface area contributed by atoms with Gasteiger partial charge < -0.3 is 0 Å². The number of pyridine rings is 1. The first kappa shape index (κ1) is 16.5. The van der Waals surface area contributed by atoms with Crippen LogP contribution >= 0.6 is 35.0 Å². The molecular formula is C21H13Cl2NS. The molecule has 1 aromatic heterocycles. The third-order valence-electron chi connectivity index (χ3n) is 3.85. The first-order chi connectivity index (χ1) is 12.2. The van der Waals surface area contributed by atoms with Crippen molar-refractivity contribution in [1.82, 2.24) is 4.98 Å². The summed E-state index contributed by atoms with van der Waals surface area (Å²) in [5.41, 5.74) is 3.15. The quantitative estimate of drug-likeness (QED) is 0.367. The Hall–Kier alpha value is -2.00. The van der Waals surface area contributed by atoms with Crippen molar-refractivity contribution in [2.24, 2.45) is 0 Å². The van der Waals surface area contributed by atoms with Crippen molar-refractivity contribution in [2.75, 3.05) is 0 Å². The van der Waals surface area contributed by atoms with Crippen LogP contribution in [0.4, 0.5) is 0 Å². The van der Waals surface area contributed by atoms with Crippen LogP contribution in [0.5, 0.6) is 0 Å². The van der Waals surface area contributed by atoms with Gasteiger partial charge in [-0.25, -0.2) is 4.98 Å². The maximum Gasteiger partial charge on any atom is 0.109 e. The second-order valence-electron chi connectivity index (χ2n) is 5.60. The van der Waals surface area contributed by atoms with E-state index < -0.39 is 0 Å². The summed E-state index contributed by atoms with van der Waals surface area (Å²) >= 11 is 13.8. The molecule has 0 spiro atoms. The molecule has 3 aromatic carbocycles. The van der Waals surface area contributed by atoms with E-state index in [4.69, 9.17) is 28.2 Å². The Morgan fingerprint density at radius 2 is 1.52 bits per heavy atom. The molecule has 4 heteroatoms. The van der Waals surface area contributed by atoms with Gasteiger partial charge in [0.1, 0.15) is 5.03 Å². The number of aromatic nitrogens is 1. The molecule has 0 bridgehead atoms. The van der Waals surface area contributed by atoms with Crippen LogP contribution in [0.3, 0.4) is 0 Å². The molecule has 0 fully saturated rings. The minimum atomic E-state index is 0.721. The Morgan fingerprint density at radius 1 is 0.720 bits per heavy atom. The largest absolute Gasteiger partial charge is 0.240 e. The maximum absolute atomic E-state index is 6.13. The third-order valence-corrected chi connectivity index (χ3v) is 5.34. The van der Waals surface area contributed by atoms with Gasteiger partial charge >= 0.3 is 0 Å².